The number of aryl methyl sites for hydroxylation is 3. The van der Waals surface area contributed by atoms with Crippen LogP contribution in [0.1, 0.15) is 34.4 Å². The molecule has 5 rings (SSSR count). The van der Waals surface area contributed by atoms with Gasteiger partial charge in [0.05, 0.1) is 11.9 Å². The molecule has 0 atom stereocenters. The van der Waals surface area contributed by atoms with Gasteiger partial charge < -0.3 is 0 Å². The maximum Gasteiger partial charge on any atom is 0.332 e. The van der Waals surface area contributed by atoms with Gasteiger partial charge in [-0.2, -0.15) is 0 Å². The summed E-state index contributed by atoms with van der Waals surface area (Å²) in [5, 5.41) is 0.656. The number of halogens is 1. The normalized spacial score (nSPS) is 13.5. The number of aromatic nitrogens is 2. The standard InChI is InChI=1S/C25H23FN2O2S/c26-20-12-6-4-10-18(20)16-28-24-22(19-11-5-7-13-21(19)31-24)23(29)27(25(28)30)15-14-17-8-2-1-3-9-17/h1-4,6,8-10,12H,5,7,11,13-16H2. The van der Waals surface area contributed by atoms with Crippen molar-refractivity contribution in [2.24, 2.45) is 0 Å². The predicted octanol–water partition coefficient (Wildman–Crippen LogP) is 4.53. The number of nitrogens with zero attached hydrogens (tertiary/aromatic N) is 2. The lowest BCUT2D eigenvalue weighted by atomic mass is 9.97. The molecule has 0 amide bonds. The summed E-state index contributed by atoms with van der Waals surface area (Å²) in [7, 11) is 0. The van der Waals surface area contributed by atoms with Crippen molar-refractivity contribution in [2.75, 3.05) is 0 Å². The van der Waals surface area contributed by atoms with E-state index in [4.69, 9.17) is 0 Å². The Balaban J connectivity index is 1.68. The Morgan fingerprint density at radius 2 is 1.65 bits per heavy atom. The average Bonchev–Trinajstić information content (AvgIpc) is 3.18. The van der Waals surface area contributed by atoms with E-state index in [9.17, 15) is 14.0 Å². The van der Waals surface area contributed by atoms with Gasteiger partial charge in [-0.3, -0.25) is 13.9 Å². The highest BCUT2D eigenvalue weighted by atomic mass is 32.1. The van der Waals surface area contributed by atoms with E-state index < -0.39 is 0 Å². The molecule has 4 aromatic rings. The molecule has 0 N–H and O–H groups in total. The predicted molar refractivity (Wildman–Crippen MR) is 123 cm³/mol. The summed E-state index contributed by atoms with van der Waals surface area (Å²) in [6.45, 7) is 0.423. The fourth-order valence-corrected chi connectivity index (χ4v) is 5.81. The SMILES string of the molecule is O=c1c2c3c(sc2n(Cc2ccccc2F)c(=O)n1CCc1ccccc1)CCCC3. The molecule has 158 valence electrons. The van der Waals surface area contributed by atoms with E-state index in [-0.39, 0.29) is 23.6 Å². The second-order valence-electron chi connectivity index (χ2n) is 8.04. The Morgan fingerprint density at radius 1 is 0.903 bits per heavy atom. The minimum absolute atomic E-state index is 0.118. The number of thiophene rings is 1. The molecule has 2 aromatic heterocycles. The van der Waals surface area contributed by atoms with Crippen molar-refractivity contribution in [1.82, 2.24) is 9.13 Å². The molecule has 0 bridgehead atoms. The Kier molecular flexibility index (Phi) is 5.32. The Hall–Kier alpha value is -2.99. The maximum absolute atomic E-state index is 14.4. The van der Waals surface area contributed by atoms with Crippen LogP contribution in [-0.2, 0) is 32.4 Å². The summed E-state index contributed by atoms with van der Waals surface area (Å²) in [5.74, 6) is -0.342. The van der Waals surface area contributed by atoms with Gasteiger partial charge in [0.2, 0.25) is 0 Å². The minimum atomic E-state index is -0.365. The first-order valence-corrected chi connectivity index (χ1v) is 11.5. The number of fused-ring (bicyclic) bond motifs is 3. The lowest BCUT2D eigenvalue weighted by molar-refractivity contribution is 0.569. The zero-order valence-corrected chi connectivity index (χ0v) is 18.0. The summed E-state index contributed by atoms with van der Waals surface area (Å²) in [6.07, 6.45) is 4.54. The molecule has 0 saturated carbocycles. The third-order valence-electron chi connectivity index (χ3n) is 6.07. The molecule has 0 saturated heterocycles. The quantitative estimate of drug-likeness (QED) is 0.463. The highest BCUT2D eigenvalue weighted by Crippen LogP contribution is 2.34. The zero-order chi connectivity index (χ0) is 21.4. The van der Waals surface area contributed by atoms with E-state index in [0.29, 0.717) is 28.7 Å². The molecule has 1 aliphatic carbocycles. The Morgan fingerprint density at radius 3 is 2.45 bits per heavy atom. The first-order valence-electron chi connectivity index (χ1n) is 10.7. The second-order valence-corrected chi connectivity index (χ2v) is 9.13. The van der Waals surface area contributed by atoms with Gasteiger partial charge in [-0.15, -0.1) is 11.3 Å². The Bertz CT molecular complexity index is 1370. The van der Waals surface area contributed by atoms with Crippen molar-refractivity contribution < 1.29 is 4.39 Å². The van der Waals surface area contributed by atoms with Crippen molar-refractivity contribution in [3.05, 3.63) is 103 Å². The van der Waals surface area contributed by atoms with Gasteiger partial charge in [0.25, 0.3) is 5.56 Å². The van der Waals surface area contributed by atoms with Gasteiger partial charge in [0.1, 0.15) is 10.6 Å². The van der Waals surface area contributed by atoms with Gasteiger partial charge in [-0.25, -0.2) is 9.18 Å². The van der Waals surface area contributed by atoms with Gasteiger partial charge in [-0.05, 0) is 49.3 Å². The molecule has 0 spiro atoms. The molecule has 4 nitrogen and oxygen atoms in total. The van der Waals surface area contributed by atoms with Crippen molar-refractivity contribution in [3.8, 4) is 0 Å². The first-order chi connectivity index (χ1) is 15.1. The van der Waals surface area contributed by atoms with Crippen molar-refractivity contribution >= 4 is 21.6 Å². The molecule has 31 heavy (non-hydrogen) atoms. The molecule has 2 aromatic carbocycles. The van der Waals surface area contributed by atoms with Crippen LogP contribution in [-0.4, -0.2) is 9.13 Å². The maximum atomic E-state index is 14.4. The lowest BCUT2D eigenvalue weighted by Gasteiger charge is -2.14. The summed E-state index contributed by atoms with van der Waals surface area (Å²) in [4.78, 5) is 28.8. The Labute approximate surface area is 183 Å². The van der Waals surface area contributed by atoms with Crippen LogP contribution < -0.4 is 11.2 Å². The van der Waals surface area contributed by atoms with Gasteiger partial charge >= 0.3 is 5.69 Å². The molecular formula is C25H23FN2O2S. The summed E-state index contributed by atoms with van der Waals surface area (Å²) in [5.41, 5.74) is 2.04. The monoisotopic (exact) mass is 434 g/mol. The van der Waals surface area contributed by atoms with Crippen LogP contribution in [0.15, 0.2) is 64.2 Å². The zero-order valence-electron chi connectivity index (χ0n) is 17.1. The van der Waals surface area contributed by atoms with Crippen molar-refractivity contribution in [1.29, 1.82) is 0 Å². The highest BCUT2D eigenvalue weighted by Gasteiger charge is 2.24. The molecule has 0 fully saturated rings. The van der Waals surface area contributed by atoms with E-state index in [1.54, 1.807) is 22.8 Å². The third kappa shape index (κ3) is 3.65. The van der Waals surface area contributed by atoms with Crippen LogP contribution in [0.2, 0.25) is 0 Å². The van der Waals surface area contributed by atoms with Crippen LogP contribution in [0, 0.1) is 5.82 Å². The summed E-state index contributed by atoms with van der Waals surface area (Å²) in [6, 6.07) is 16.3. The largest absolute Gasteiger partial charge is 0.332 e. The fraction of sp³-hybridized carbons (Fsp3) is 0.280. The molecule has 1 aliphatic rings. The number of hydrogen-bond acceptors (Lipinski definition) is 3. The van der Waals surface area contributed by atoms with E-state index in [1.807, 2.05) is 30.3 Å². The van der Waals surface area contributed by atoms with Gasteiger partial charge in [-0.1, -0.05) is 48.5 Å². The molecule has 0 radical (unpaired) electrons. The van der Waals surface area contributed by atoms with Crippen LogP contribution in [0.5, 0.6) is 0 Å². The topological polar surface area (TPSA) is 44.0 Å². The molecule has 0 aliphatic heterocycles. The first kappa shape index (κ1) is 19.9. The minimum Gasteiger partial charge on any atom is -0.280 e. The summed E-state index contributed by atoms with van der Waals surface area (Å²) >= 11 is 1.53. The smallest absolute Gasteiger partial charge is 0.280 e. The molecule has 0 unspecified atom stereocenters. The van der Waals surface area contributed by atoms with Gasteiger partial charge in [0, 0.05) is 17.0 Å². The van der Waals surface area contributed by atoms with E-state index in [2.05, 4.69) is 0 Å². The molecular weight excluding hydrogens is 411 g/mol. The highest BCUT2D eigenvalue weighted by molar-refractivity contribution is 7.18. The number of rotatable bonds is 5. The van der Waals surface area contributed by atoms with Crippen molar-refractivity contribution in [3.63, 3.8) is 0 Å². The average molecular weight is 435 g/mol. The van der Waals surface area contributed by atoms with Crippen molar-refractivity contribution in [2.45, 2.75) is 45.2 Å². The molecule has 2 heterocycles. The van der Waals surface area contributed by atoms with Crippen LogP contribution in [0.25, 0.3) is 10.2 Å². The third-order valence-corrected chi connectivity index (χ3v) is 7.39. The number of hydrogen-bond donors (Lipinski definition) is 0. The van der Waals surface area contributed by atoms with E-state index >= 15 is 0 Å². The van der Waals surface area contributed by atoms with Crippen LogP contribution in [0.3, 0.4) is 0 Å². The second kappa shape index (κ2) is 8.27. The van der Waals surface area contributed by atoms with Gasteiger partial charge in [0.15, 0.2) is 0 Å². The van der Waals surface area contributed by atoms with Crippen LogP contribution in [0.4, 0.5) is 4.39 Å². The fourth-order valence-electron chi connectivity index (χ4n) is 4.44. The van der Waals surface area contributed by atoms with E-state index in [1.165, 1.54) is 26.8 Å². The molecule has 6 heteroatoms. The van der Waals surface area contributed by atoms with Crippen LogP contribution >= 0.6 is 11.3 Å². The van der Waals surface area contributed by atoms with E-state index in [0.717, 1.165) is 36.8 Å². The lowest BCUT2D eigenvalue weighted by Crippen LogP contribution is -2.40. The summed E-state index contributed by atoms with van der Waals surface area (Å²) < 4.78 is 17.3. The number of benzene rings is 2.